The van der Waals surface area contributed by atoms with Gasteiger partial charge in [-0.2, -0.15) is 0 Å². The normalized spacial score (nSPS) is 10.5. The third kappa shape index (κ3) is 5.51. The maximum Gasteiger partial charge on any atom is 0.343 e. The van der Waals surface area contributed by atoms with Crippen LogP contribution < -0.4 is 18.9 Å². The second-order valence-corrected chi connectivity index (χ2v) is 6.45. The van der Waals surface area contributed by atoms with Crippen molar-refractivity contribution < 1.29 is 28.5 Å². The van der Waals surface area contributed by atoms with Gasteiger partial charge in [-0.25, -0.2) is 4.79 Å². The van der Waals surface area contributed by atoms with Crippen molar-refractivity contribution in [1.82, 2.24) is 0 Å². The molecule has 0 aliphatic heterocycles. The molecule has 0 bridgehead atoms. The molecular weight excluding hydrogens is 396 g/mol. The van der Waals surface area contributed by atoms with Crippen molar-refractivity contribution in [2.75, 3.05) is 21.3 Å². The lowest BCUT2D eigenvalue weighted by Crippen LogP contribution is -2.09. The molecule has 0 amide bonds. The van der Waals surface area contributed by atoms with Gasteiger partial charge in [-0.15, -0.1) is 0 Å². The summed E-state index contributed by atoms with van der Waals surface area (Å²) in [5, 5.41) is 0. The predicted molar refractivity (Wildman–Crippen MR) is 117 cm³/mol. The molecular formula is C25H22O6. The summed E-state index contributed by atoms with van der Waals surface area (Å²) in [5.74, 6) is 1.33. The molecule has 0 N–H and O–H groups in total. The standard InChI is InChI=1S/C25H22O6/c1-28-20-10-4-17(5-11-20)6-14-22(26)18-7-12-21(13-8-18)31-25(27)19-9-15-23(29-2)24(16-19)30-3/h4-16H,1-3H3/b14-6+. The summed E-state index contributed by atoms with van der Waals surface area (Å²) in [4.78, 5) is 24.8. The zero-order valence-corrected chi connectivity index (χ0v) is 17.5. The zero-order chi connectivity index (χ0) is 22.2. The number of carbonyl (C=O) groups excluding carboxylic acids is 2. The Kier molecular flexibility index (Phi) is 7.06. The Morgan fingerprint density at radius 1 is 0.677 bits per heavy atom. The highest BCUT2D eigenvalue weighted by Crippen LogP contribution is 2.28. The van der Waals surface area contributed by atoms with Gasteiger partial charge in [0.1, 0.15) is 11.5 Å². The number of esters is 1. The third-order valence-electron chi connectivity index (χ3n) is 4.51. The number of ether oxygens (including phenoxy) is 4. The highest BCUT2D eigenvalue weighted by molar-refractivity contribution is 6.06. The summed E-state index contributed by atoms with van der Waals surface area (Å²) in [6.07, 6.45) is 3.22. The summed E-state index contributed by atoms with van der Waals surface area (Å²) < 4.78 is 20.9. The van der Waals surface area contributed by atoms with Gasteiger partial charge in [0.15, 0.2) is 17.3 Å². The molecule has 0 radical (unpaired) electrons. The second-order valence-electron chi connectivity index (χ2n) is 6.45. The van der Waals surface area contributed by atoms with E-state index < -0.39 is 5.97 Å². The molecule has 0 saturated carbocycles. The van der Waals surface area contributed by atoms with Crippen molar-refractivity contribution in [3.05, 3.63) is 89.5 Å². The Morgan fingerprint density at radius 3 is 1.90 bits per heavy atom. The van der Waals surface area contributed by atoms with Crippen LogP contribution in [0.3, 0.4) is 0 Å². The van der Waals surface area contributed by atoms with E-state index in [1.807, 2.05) is 24.3 Å². The summed E-state index contributed by atoms with van der Waals surface area (Å²) in [7, 11) is 4.61. The molecule has 31 heavy (non-hydrogen) atoms. The number of hydrogen-bond acceptors (Lipinski definition) is 6. The van der Waals surface area contributed by atoms with Gasteiger partial charge >= 0.3 is 5.97 Å². The van der Waals surface area contributed by atoms with E-state index in [1.54, 1.807) is 55.7 Å². The fourth-order valence-electron chi connectivity index (χ4n) is 2.80. The molecule has 0 fully saturated rings. The Hall–Kier alpha value is -4.06. The van der Waals surface area contributed by atoms with Gasteiger partial charge in [0.05, 0.1) is 26.9 Å². The van der Waals surface area contributed by atoms with Crippen LogP contribution in [-0.2, 0) is 0 Å². The highest BCUT2D eigenvalue weighted by atomic mass is 16.5. The average molecular weight is 418 g/mol. The molecule has 0 atom stereocenters. The van der Waals surface area contributed by atoms with E-state index in [1.165, 1.54) is 20.3 Å². The molecule has 0 saturated heterocycles. The first-order chi connectivity index (χ1) is 15.0. The largest absolute Gasteiger partial charge is 0.497 e. The van der Waals surface area contributed by atoms with Crippen LogP contribution in [0.25, 0.3) is 6.08 Å². The number of benzene rings is 3. The lowest BCUT2D eigenvalue weighted by atomic mass is 10.1. The van der Waals surface area contributed by atoms with Crippen LogP contribution in [0.4, 0.5) is 0 Å². The van der Waals surface area contributed by atoms with E-state index in [2.05, 4.69) is 0 Å². The molecule has 0 aliphatic carbocycles. The van der Waals surface area contributed by atoms with Crippen molar-refractivity contribution in [3.8, 4) is 23.0 Å². The number of ketones is 1. The Balaban J connectivity index is 1.64. The molecule has 3 aromatic rings. The number of allylic oxidation sites excluding steroid dienone is 1. The summed E-state index contributed by atoms with van der Waals surface area (Å²) >= 11 is 0. The monoisotopic (exact) mass is 418 g/mol. The molecule has 6 heteroatoms. The third-order valence-corrected chi connectivity index (χ3v) is 4.51. The molecule has 158 valence electrons. The minimum atomic E-state index is -0.542. The fourth-order valence-corrected chi connectivity index (χ4v) is 2.80. The van der Waals surface area contributed by atoms with Crippen molar-refractivity contribution in [2.45, 2.75) is 0 Å². The Bertz CT molecular complexity index is 1080. The zero-order valence-electron chi connectivity index (χ0n) is 17.5. The van der Waals surface area contributed by atoms with Gasteiger partial charge in [-0.3, -0.25) is 4.79 Å². The van der Waals surface area contributed by atoms with Crippen LogP contribution in [0.5, 0.6) is 23.0 Å². The van der Waals surface area contributed by atoms with Crippen molar-refractivity contribution in [1.29, 1.82) is 0 Å². The van der Waals surface area contributed by atoms with Crippen LogP contribution in [-0.4, -0.2) is 33.1 Å². The summed E-state index contributed by atoms with van der Waals surface area (Å²) in [6.45, 7) is 0. The molecule has 0 unspecified atom stereocenters. The van der Waals surface area contributed by atoms with Crippen LogP contribution in [0, 0.1) is 0 Å². The van der Waals surface area contributed by atoms with Gasteiger partial charge in [0, 0.05) is 5.56 Å². The van der Waals surface area contributed by atoms with Crippen molar-refractivity contribution >= 4 is 17.8 Å². The van der Waals surface area contributed by atoms with Gasteiger partial charge < -0.3 is 18.9 Å². The van der Waals surface area contributed by atoms with E-state index in [9.17, 15) is 9.59 Å². The number of hydrogen-bond donors (Lipinski definition) is 0. The maximum absolute atomic E-state index is 12.4. The topological polar surface area (TPSA) is 71.1 Å². The molecule has 0 aliphatic rings. The molecule has 3 aromatic carbocycles. The molecule has 0 heterocycles. The van der Waals surface area contributed by atoms with E-state index in [-0.39, 0.29) is 5.78 Å². The summed E-state index contributed by atoms with van der Waals surface area (Å²) in [6, 6.07) is 18.5. The first-order valence-electron chi connectivity index (χ1n) is 9.45. The lowest BCUT2D eigenvalue weighted by molar-refractivity contribution is 0.0734. The number of rotatable bonds is 8. The van der Waals surface area contributed by atoms with Crippen molar-refractivity contribution in [3.63, 3.8) is 0 Å². The smallest absolute Gasteiger partial charge is 0.343 e. The number of methoxy groups -OCH3 is 3. The Labute approximate surface area is 180 Å². The van der Waals surface area contributed by atoms with E-state index in [0.29, 0.717) is 28.4 Å². The molecule has 6 nitrogen and oxygen atoms in total. The van der Waals surface area contributed by atoms with Crippen LogP contribution in [0.15, 0.2) is 72.8 Å². The highest BCUT2D eigenvalue weighted by Gasteiger charge is 2.13. The maximum atomic E-state index is 12.4. The van der Waals surface area contributed by atoms with Crippen LogP contribution in [0.1, 0.15) is 26.3 Å². The van der Waals surface area contributed by atoms with Crippen molar-refractivity contribution in [2.24, 2.45) is 0 Å². The van der Waals surface area contributed by atoms with Gasteiger partial charge in [0.2, 0.25) is 0 Å². The van der Waals surface area contributed by atoms with E-state index in [4.69, 9.17) is 18.9 Å². The lowest BCUT2D eigenvalue weighted by Gasteiger charge is -2.09. The van der Waals surface area contributed by atoms with E-state index >= 15 is 0 Å². The van der Waals surface area contributed by atoms with Gasteiger partial charge in [-0.05, 0) is 66.2 Å². The van der Waals surface area contributed by atoms with Crippen LogP contribution in [0.2, 0.25) is 0 Å². The van der Waals surface area contributed by atoms with E-state index in [0.717, 1.165) is 11.3 Å². The Morgan fingerprint density at radius 2 is 1.29 bits per heavy atom. The second kappa shape index (κ2) is 10.1. The predicted octanol–water partition coefficient (Wildman–Crippen LogP) is 4.83. The molecule has 0 spiro atoms. The molecule has 0 aromatic heterocycles. The fraction of sp³-hybridized carbons (Fsp3) is 0.120. The number of carbonyl (C=O) groups is 2. The summed E-state index contributed by atoms with van der Waals surface area (Å²) in [5.41, 5.74) is 1.69. The SMILES string of the molecule is COc1ccc(/C=C/C(=O)c2ccc(OC(=O)c3ccc(OC)c(OC)c3)cc2)cc1. The van der Waals surface area contributed by atoms with Crippen LogP contribution >= 0.6 is 0 Å². The quantitative estimate of drug-likeness (QED) is 0.226. The first-order valence-corrected chi connectivity index (χ1v) is 9.45. The minimum Gasteiger partial charge on any atom is -0.497 e. The first kappa shape index (κ1) is 21.6. The average Bonchev–Trinajstić information content (AvgIpc) is 2.82. The van der Waals surface area contributed by atoms with Gasteiger partial charge in [-0.1, -0.05) is 18.2 Å². The molecule has 3 rings (SSSR count). The van der Waals surface area contributed by atoms with Gasteiger partial charge in [0.25, 0.3) is 0 Å². The minimum absolute atomic E-state index is 0.159.